The predicted octanol–water partition coefficient (Wildman–Crippen LogP) is 1.96. The molecule has 0 bridgehead atoms. The number of aromatic nitrogens is 2. The van der Waals surface area contributed by atoms with Crippen molar-refractivity contribution >= 4 is 34.1 Å². The molecule has 0 saturated carbocycles. The van der Waals surface area contributed by atoms with Gasteiger partial charge >= 0.3 is 5.69 Å². The van der Waals surface area contributed by atoms with Crippen LogP contribution in [0, 0.1) is 9.39 Å². The Balaban J connectivity index is 2.54. The third kappa shape index (κ3) is 2.74. The molecule has 1 N–H and O–H groups in total. The van der Waals surface area contributed by atoms with E-state index in [1.807, 2.05) is 22.6 Å². The minimum atomic E-state index is -1.12. The van der Waals surface area contributed by atoms with E-state index in [9.17, 15) is 18.4 Å². The van der Waals surface area contributed by atoms with Gasteiger partial charge < -0.3 is 5.32 Å². The molecule has 0 aliphatic heterocycles. The predicted molar refractivity (Wildman–Crippen MR) is 79.5 cm³/mol. The normalized spacial score (nSPS) is 10.6. The van der Waals surface area contributed by atoms with Gasteiger partial charge in [-0.3, -0.25) is 13.9 Å². The van der Waals surface area contributed by atoms with Crippen LogP contribution in [0.2, 0.25) is 0 Å². The van der Waals surface area contributed by atoms with Crippen LogP contribution in [0.3, 0.4) is 0 Å². The number of hydrogen-bond acceptors (Lipinski definition) is 3. The number of benzene rings is 1. The van der Waals surface area contributed by atoms with Gasteiger partial charge in [0.15, 0.2) is 6.80 Å². The molecule has 106 valence electrons. The lowest BCUT2D eigenvalue weighted by Crippen LogP contribution is -2.38. The van der Waals surface area contributed by atoms with E-state index in [0.717, 1.165) is 10.6 Å². The van der Waals surface area contributed by atoms with Crippen LogP contribution >= 0.6 is 22.6 Å². The number of nitrogens with one attached hydrogen (secondary N) is 1. The number of nitrogens with zero attached hydrogens (tertiary/aromatic N) is 2. The van der Waals surface area contributed by atoms with Crippen molar-refractivity contribution in [2.75, 3.05) is 5.32 Å². The highest BCUT2D eigenvalue weighted by atomic mass is 127. The van der Waals surface area contributed by atoms with Gasteiger partial charge in [-0.2, -0.15) is 0 Å². The first kappa shape index (κ1) is 14.7. The van der Waals surface area contributed by atoms with Crippen molar-refractivity contribution in [2.24, 2.45) is 7.05 Å². The average molecular weight is 393 g/mol. The molecule has 1 heterocycles. The van der Waals surface area contributed by atoms with Crippen LogP contribution in [0.1, 0.15) is 0 Å². The van der Waals surface area contributed by atoms with E-state index >= 15 is 0 Å². The summed E-state index contributed by atoms with van der Waals surface area (Å²) in [4.78, 5) is 23.3. The third-order valence-electron chi connectivity index (χ3n) is 2.71. The van der Waals surface area contributed by atoms with Crippen LogP contribution in [0.25, 0.3) is 0 Å². The molecule has 0 unspecified atom stereocenters. The SMILES string of the molecule is Cn1c(=O)cc(Nc2ccc(I)cc2F)n(CF)c1=O. The summed E-state index contributed by atoms with van der Waals surface area (Å²) in [5.74, 6) is -0.656. The fraction of sp³-hybridized carbons (Fsp3) is 0.167. The van der Waals surface area contributed by atoms with Gasteiger partial charge in [0, 0.05) is 16.7 Å². The van der Waals surface area contributed by atoms with Gasteiger partial charge in [0.05, 0.1) is 5.69 Å². The molecule has 5 nitrogen and oxygen atoms in total. The first-order valence-corrected chi connectivity index (χ1v) is 6.61. The zero-order chi connectivity index (χ0) is 14.9. The molecule has 1 aromatic heterocycles. The second-order valence-corrected chi connectivity index (χ2v) is 5.25. The van der Waals surface area contributed by atoms with Gasteiger partial charge in [0.2, 0.25) is 0 Å². The minimum absolute atomic E-state index is 0.0558. The second-order valence-electron chi connectivity index (χ2n) is 4.01. The molecule has 0 aliphatic rings. The van der Waals surface area contributed by atoms with E-state index < -0.39 is 23.9 Å². The molecular formula is C12H10F2IN3O2. The van der Waals surface area contributed by atoms with Gasteiger partial charge in [-0.25, -0.2) is 13.6 Å². The fourth-order valence-corrected chi connectivity index (χ4v) is 2.07. The van der Waals surface area contributed by atoms with E-state index in [4.69, 9.17) is 0 Å². The highest BCUT2D eigenvalue weighted by Gasteiger charge is 2.11. The van der Waals surface area contributed by atoms with Crippen molar-refractivity contribution in [1.29, 1.82) is 0 Å². The van der Waals surface area contributed by atoms with Crippen molar-refractivity contribution in [2.45, 2.75) is 6.80 Å². The maximum absolute atomic E-state index is 13.7. The van der Waals surface area contributed by atoms with Crippen molar-refractivity contribution in [1.82, 2.24) is 9.13 Å². The van der Waals surface area contributed by atoms with Crippen molar-refractivity contribution < 1.29 is 8.78 Å². The topological polar surface area (TPSA) is 56.0 Å². The Morgan fingerprint density at radius 1 is 1.30 bits per heavy atom. The van der Waals surface area contributed by atoms with E-state index in [1.54, 1.807) is 6.07 Å². The van der Waals surface area contributed by atoms with Crippen molar-refractivity contribution in [3.63, 3.8) is 0 Å². The van der Waals surface area contributed by atoms with Gasteiger partial charge in [0.1, 0.15) is 11.6 Å². The minimum Gasteiger partial charge on any atom is -0.339 e. The Morgan fingerprint density at radius 3 is 2.60 bits per heavy atom. The smallest absolute Gasteiger partial charge is 0.334 e. The van der Waals surface area contributed by atoms with Gasteiger partial charge in [-0.1, -0.05) is 0 Å². The molecule has 0 aliphatic carbocycles. The van der Waals surface area contributed by atoms with E-state index in [1.165, 1.54) is 19.2 Å². The van der Waals surface area contributed by atoms with Crippen molar-refractivity contribution in [3.05, 3.63) is 54.5 Å². The molecular weight excluding hydrogens is 383 g/mol. The molecule has 2 aromatic rings. The van der Waals surface area contributed by atoms with Gasteiger partial charge in [0.25, 0.3) is 5.56 Å². The lowest BCUT2D eigenvalue weighted by molar-refractivity contribution is 0.362. The maximum Gasteiger partial charge on any atom is 0.334 e. The van der Waals surface area contributed by atoms with E-state index in [-0.39, 0.29) is 11.5 Å². The van der Waals surface area contributed by atoms with E-state index in [0.29, 0.717) is 8.14 Å². The van der Waals surface area contributed by atoms with Gasteiger partial charge in [-0.05, 0) is 40.8 Å². The highest BCUT2D eigenvalue weighted by molar-refractivity contribution is 14.1. The number of alkyl halides is 1. The third-order valence-corrected chi connectivity index (χ3v) is 3.38. The quantitative estimate of drug-likeness (QED) is 0.812. The Labute approximate surface area is 126 Å². The molecule has 8 heteroatoms. The molecule has 0 atom stereocenters. The standard InChI is InChI=1S/C12H10F2IN3O2/c1-17-11(19)5-10(18(6-13)12(17)20)16-9-3-2-7(15)4-8(9)14/h2-5,16H,6H2,1H3. The number of anilines is 2. The lowest BCUT2D eigenvalue weighted by atomic mass is 10.3. The summed E-state index contributed by atoms with van der Waals surface area (Å²) >= 11 is 1.95. The van der Waals surface area contributed by atoms with Crippen LogP contribution in [0.4, 0.5) is 20.3 Å². The van der Waals surface area contributed by atoms with Crippen LogP contribution in [-0.2, 0) is 13.8 Å². The summed E-state index contributed by atoms with van der Waals surface area (Å²) in [6, 6.07) is 5.41. The van der Waals surface area contributed by atoms with E-state index in [2.05, 4.69) is 5.32 Å². The summed E-state index contributed by atoms with van der Waals surface area (Å²) < 4.78 is 28.8. The summed E-state index contributed by atoms with van der Waals surface area (Å²) in [6.07, 6.45) is 0. The average Bonchev–Trinajstić information content (AvgIpc) is 2.40. The molecule has 0 saturated heterocycles. The summed E-state index contributed by atoms with van der Waals surface area (Å²) in [5, 5.41) is 2.56. The zero-order valence-corrected chi connectivity index (χ0v) is 12.5. The number of rotatable bonds is 3. The van der Waals surface area contributed by atoms with Gasteiger partial charge in [-0.15, -0.1) is 0 Å². The van der Waals surface area contributed by atoms with Crippen LogP contribution in [-0.4, -0.2) is 9.13 Å². The maximum atomic E-state index is 13.7. The Kier molecular flexibility index (Phi) is 4.21. The first-order valence-electron chi connectivity index (χ1n) is 5.53. The Bertz CT molecular complexity index is 770. The second kappa shape index (κ2) is 5.73. The summed E-state index contributed by atoms with van der Waals surface area (Å²) in [5.41, 5.74) is -1.36. The summed E-state index contributed by atoms with van der Waals surface area (Å²) in [7, 11) is 1.24. The van der Waals surface area contributed by atoms with Crippen LogP contribution in [0.15, 0.2) is 33.9 Å². The Hall–Kier alpha value is -1.71. The highest BCUT2D eigenvalue weighted by Crippen LogP contribution is 2.20. The lowest BCUT2D eigenvalue weighted by Gasteiger charge is -2.13. The monoisotopic (exact) mass is 393 g/mol. The summed E-state index contributed by atoms with van der Waals surface area (Å²) in [6.45, 7) is -1.12. The fourth-order valence-electron chi connectivity index (χ4n) is 1.62. The van der Waals surface area contributed by atoms with Crippen LogP contribution < -0.4 is 16.6 Å². The zero-order valence-electron chi connectivity index (χ0n) is 10.4. The largest absolute Gasteiger partial charge is 0.339 e. The Morgan fingerprint density at radius 2 is 2.00 bits per heavy atom. The van der Waals surface area contributed by atoms with Crippen molar-refractivity contribution in [3.8, 4) is 0 Å². The molecule has 0 amide bonds. The number of hydrogen-bond donors (Lipinski definition) is 1. The van der Waals surface area contributed by atoms with Crippen LogP contribution in [0.5, 0.6) is 0 Å². The molecule has 2 rings (SSSR count). The molecule has 0 spiro atoms. The molecule has 0 fully saturated rings. The number of halogens is 3. The molecule has 0 radical (unpaired) electrons. The molecule has 1 aromatic carbocycles. The molecule has 20 heavy (non-hydrogen) atoms. The first-order chi connectivity index (χ1) is 9.43.